The first-order chi connectivity index (χ1) is 26.3. The molecule has 0 unspecified atom stereocenters. The maximum Gasteiger partial charge on any atom is 0.138 e. The molecule has 0 aliphatic heterocycles. The Bertz CT molecular complexity index is 3390. The third kappa shape index (κ3) is 4.01. The molecule has 0 N–H and O–H groups in total. The lowest BCUT2D eigenvalue weighted by Crippen LogP contribution is -2.01. The molecule has 4 aromatic heterocycles. The zero-order valence-corrected chi connectivity index (χ0v) is 29.3. The summed E-state index contributed by atoms with van der Waals surface area (Å²) in [6, 6.07) is 63.8. The summed E-state index contributed by atoms with van der Waals surface area (Å²) >= 11 is 1.87. The number of fused-ring (bicyclic) bond motifs is 7. The van der Waals surface area contributed by atoms with Crippen LogP contribution in [-0.2, 0) is 0 Å². The fraction of sp³-hybridized carbons (Fsp3) is 0. The van der Waals surface area contributed by atoms with E-state index in [1.807, 2.05) is 11.3 Å². The lowest BCUT2D eigenvalue weighted by atomic mass is 10.00. The maximum atomic E-state index is 5.57. The Morgan fingerprint density at radius 3 is 1.92 bits per heavy atom. The van der Waals surface area contributed by atoms with E-state index in [2.05, 4.69) is 185 Å². The molecule has 12 aromatic rings. The molecule has 0 bridgehead atoms. The Morgan fingerprint density at radius 1 is 0.415 bits per heavy atom. The van der Waals surface area contributed by atoms with Crippen LogP contribution in [0.5, 0.6) is 0 Å². The molecular weight excluding hydrogens is 663 g/mol. The lowest BCUT2D eigenvalue weighted by molar-refractivity contribution is 1.08. The van der Waals surface area contributed by atoms with Crippen LogP contribution < -0.4 is 0 Å². The Morgan fingerprint density at radius 2 is 1.08 bits per heavy atom. The third-order valence-electron chi connectivity index (χ3n) is 11.1. The third-order valence-corrected chi connectivity index (χ3v) is 12.3. The van der Waals surface area contributed by atoms with Crippen molar-refractivity contribution in [3.63, 3.8) is 0 Å². The summed E-state index contributed by atoms with van der Waals surface area (Å²) in [4.78, 5) is 5.57. The van der Waals surface area contributed by atoms with Gasteiger partial charge in [0.1, 0.15) is 5.82 Å². The van der Waals surface area contributed by atoms with Crippen molar-refractivity contribution in [1.29, 1.82) is 0 Å². The van der Waals surface area contributed by atoms with Gasteiger partial charge in [-0.15, -0.1) is 11.3 Å². The van der Waals surface area contributed by atoms with Crippen molar-refractivity contribution < 1.29 is 0 Å². The van der Waals surface area contributed by atoms with E-state index in [4.69, 9.17) is 4.98 Å². The number of hydrogen-bond acceptors (Lipinski definition) is 2. The summed E-state index contributed by atoms with van der Waals surface area (Å²) in [5.41, 5.74) is 10.5. The Balaban J connectivity index is 1.18. The van der Waals surface area contributed by atoms with Crippen LogP contribution in [-0.4, -0.2) is 14.1 Å². The average molecular weight is 692 g/mol. The van der Waals surface area contributed by atoms with E-state index in [1.54, 1.807) is 0 Å². The number of aromatic nitrogens is 3. The molecule has 12 rings (SSSR count). The molecule has 3 nitrogen and oxygen atoms in total. The van der Waals surface area contributed by atoms with Crippen LogP contribution >= 0.6 is 11.3 Å². The number of nitrogens with zero attached hydrogens (tertiary/aromatic N) is 3. The molecule has 0 aliphatic carbocycles. The fourth-order valence-corrected chi connectivity index (χ4v) is 10.2. The minimum absolute atomic E-state index is 0.910. The van der Waals surface area contributed by atoms with Gasteiger partial charge >= 0.3 is 0 Å². The minimum Gasteiger partial charge on any atom is -0.307 e. The summed E-state index contributed by atoms with van der Waals surface area (Å²) in [7, 11) is 0. The summed E-state index contributed by atoms with van der Waals surface area (Å²) in [6.07, 6.45) is 0. The van der Waals surface area contributed by atoms with Crippen molar-refractivity contribution in [1.82, 2.24) is 14.1 Å². The van der Waals surface area contributed by atoms with Gasteiger partial charge in [-0.1, -0.05) is 133 Å². The van der Waals surface area contributed by atoms with E-state index in [0.717, 1.165) is 28.3 Å². The van der Waals surface area contributed by atoms with Crippen molar-refractivity contribution >= 4 is 85.9 Å². The van der Waals surface area contributed by atoms with Gasteiger partial charge in [-0.2, -0.15) is 0 Å². The van der Waals surface area contributed by atoms with Gasteiger partial charge in [-0.05, 0) is 64.4 Å². The van der Waals surface area contributed by atoms with Crippen molar-refractivity contribution in [3.05, 3.63) is 176 Å². The highest BCUT2D eigenvalue weighted by atomic mass is 32.1. The van der Waals surface area contributed by atoms with Crippen molar-refractivity contribution in [2.45, 2.75) is 0 Å². The Kier molecular flexibility index (Phi) is 5.93. The van der Waals surface area contributed by atoms with Crippen LogP contribution in [0, 0.1) is 0 Å². The lowest BCUT2D eigenvalue weighted by Gasteiger charge is -2.13. The largest absolute Gasteiger partial charge is 0.307 e. The second-order valence-corrected chi connectivity index (χ2v) is 14.9. The quantitative estimate of drug-likeness (QED) is 0.168. The van der Waals surface area contributed by atoms with E-state index >= 15 is 0 Å². The Hall–Kier alpha value is -6.75. The van der Waals surface area contributed by atoms with Crippen LogP contribution in [0.3, 0.4) is 0 Å². The predicted molar refractivity (Wildman–Crippen MR) is 225 cm³/mol. The second-order valence-electron chi connectivity index (χ2n) is 13.9. The van der Waals surface area contributed by atoms with E-state index in [1.165, 1.54) is 80.2 Å². The highest BCUT2D eigenvalue weighted by Gasteiger charge is 2.25. The highest BCUT2D eigenvalue weighted by Crippen LogP contribution is 2.47. The molecule has 246 valence electrons. The molecule has 0 saturated heterocycles. The molecule has 0 saturated carbocycles. The van der Waals surface area contributed by atoms with Gasteiger partial charge in [0.25, 0.3) is 0 Å². The van der Waals surface area contributed by atoms with Gasteiger partial charge in [0.05, 0.1) is 27.8 Å². The SMILES string of the molecule is c1ccc(-c2cccc3c2sc2c(-c4cccc(-n5c6cccc7ccc8cc9c%10ccccc%10n(-c%10ccccc%10)c9c5c8c76)n4)cccc23)cc1. The van der Waals surface area contributed by atoms with Gasteiger partial charge < -0.3 is 4.57 Å². The molecular formula is C49H29N3S. The fourth-order valence-electron chi connectivity index (χ4n) is 8.84. The van der Waals surface area contributed by atoms with Crippen LogP contribution in [0.15, 0.2) is 176 Å². The molecule has 0 fully saturated rings. The van der Waals surface area contributed by atoms with E-state index in [9.17, 15) is 0 Å². The number of para-hydroxylation sites is 2. The zero-order chi connectivity index (χ0) is 34.6. The summed E-state index contributed by atoms with van der Waals surface area (Å²) in [6.45, 7) is 0. The molecule has 4 heteroatoms. The molecule has 0 spiro atoms. The number of thiophene rings is 1. The number of rotatable bonds is 4. The van der Waals surface area contributed by atoms with Crippen molar-refractivity contribution in [2.75, 3.05) is 0 Å². The highest BCUT2D eigenvalue weighted by molar-refractivity contribution is 7.26. The Labute approximate surface area is 308 Å². The molecule has 0 radical (unpaired) electrons. The second kappa shape index (κ2) is 10.9. The van der Waals surface area contributed by atoms with E-state index in [0.29, 0.717) is 0 Å². The maximum absolute atomic E-state index is 5.57. The first-order valence-electron chi connectivity index (χ1n) is 18.1. The van der Waals surface area contributed by atoms with Crippen LogP contribution in [0.1, 0.15) is 0 Å². The normalized spacial score (nSPS) is 12.2. The first-order valence-corrected chi connectivity index (χ1v) is 18.9. The van der Waals surface area contributed by atoms with Gasteiger partial charge in [0, 0.05) is 53.0 Å². The van der Waals surface area contributed by atoms with Gasteiger partial charge in [-0.25, -0.2) is 4.98 Å². The number of pyridine rings is 1. The number of benzene rings is 8. The standard InChI is InChI=1S/C49H29N3S/c1-3-13-30(14-4-1)34-19-10-20-36-37-21-11-22-38(49(37)53-48(34)36)40-23-12-26-43(50-40)52-42-25-9-15-31-27-28-32-29-39-35-18-7-8-24-41(35)51(33-16-5-2-6-17-33)46(39)47(52)45(32)44(31)42/h1-29H. The first kappa shape index (κ1) is 28.9. The summed E-state index contributed by atoms with van der Waals surface area (Å²) in [5.74, 6) is 0.910. The average Bonchev–Trinajstić information content (AvgIpc) is 3.89. The predicted octanol–water partition coefficient (Wildman–Crippen LogP) is 13.6. The molecule has 0 amide bonds. The van der Waals surface area contributed by atoms with Crippen molar-refractivity contribution in [2.24, 2.45) is 0 Å². The smallest absolute Gasteiger partial charge is 0.138 e. The summed E-state index contributed by atoms with van der Waals surface area (Å²) in [5, 5.41) is 10.1. The van der Waals surface area contributed by atoms with Gasteiger partial charge in [0.2, 0.25) is 0 Å². The molecule has 8 aromatic carbocycles. The molecule has 0 aliphatic rings. The van der Waals surface area contributed by atoms with E-state index < -0.39 is 0 Å². The van der Waals surface area contributed by atoms with E-state index in [-0.39, 0.29) is 0 Å². The topological polar surface area (TPSA) is 22.8 Å². The van der Waals surface area contributed by atoms with Crippen LogP contribution in [0.25, 0.3) is 108 Å². The van der Waals surface area contributed by atoms with Gasteiger partial charge in [-0.3, -0.25) is 4.57 Å². The van der Waals surface area contributed by atoms with Crippen molar-refractivity contribution in [3.8, 4) is 33.9 Å². The summed E-state index contributed by atoms with van der Waals surface area (Å²) < 4.78 is 7.44. The molecule has 53 heavy (non-hydrogen) atoms. The molecule has 4 heterocycles. The van der Waals surface area contributed by atoms with Crippen LogP contribution in [0.4, 0.5) is 0 Å². The van der Waals surface area contributed by atoms with Crippen LogP contribution in [0.2, 0.25) is 0 Å². The monoisotopic (exact) mass is 691 g/mol. The minimum atomic E-state index is 0.910. The van der Waals surface area contributed by atoms with Gasteiger partial charge in [0.15, 0.2) is 0 Å². The molecule has 0 atom stereocenters. The zero-order valence-electron chi connectivity index (χ0n) is 28.5. The number of hydrogen-bond donors (Lipinski definition) is 0.